The Hall–Kier alpha value is -2.79. The van der Waals surface area contributed by atoms with E-state index in [1.807, 2.05) is 36.4 Å². The molecule has 0 saturated heterocycles. The highest BCUT2D eigenvalue weighted by molar-refractivity contribution is 8.93. The van der Waals surface area contributed by atoms with Gasteiger partial charge in [0.25, 0.3) is 5.91 Å². The Balaban J connectivity index is 0.00000225. The van der Waals surface area contributed by atoms with E-state index in [4.69, 9.17) is 0 Å². The Morgan fingerprint density at radius 2 is 1.40 bits per heavy atom. The van der Waals surface area contributed by atoms with Gasteiger partial charge < -0.3 is 5.32 Å². The van der Waals surface area contributed by atoms with Gasteiger partial charge in [0.05, 0.1) is 0 Å². The molecular formula is C20H18BrN2O2+. The molecule has 0 radical (unpaired) electrons. The molecule has 4 nitrogen and oxygen atoms in total. The highest BCUT2D eigenvalue weighted by atomic mass is 79.9. The van der Waals surface area contributed by atoms with Gasteiger partial charge in [-0.2, -0.15) is 4.57 Å². The summed E-state index contributed by atoms with van der Waals surface area (Å²) in [7, 11) is 0. The molecule has 1 N–H and O–H groups in total. The van der Waals surface area contributed by atoms with Crippen LogP contribution in [0.4, 0.5) is 5.69 Å². The lowest BCUT2D eigenvalue weighted by atomic mass is 10.1. The number of Topliss-reactive ketones (excluding diaryl/α,β-unsaturated/α-hetero) is 1. The fraction of sp³-hybridized carbons (Fsp3) is 0.0500. The van der Waals surface area contributed by atoms with Gasteiger partial charge in [0, 0.05) is 17.2 Å². The van der Waals surface area contributed by atoms with Gasteiger partial charge in [0.15, 0.2) is 12.4 Å². The Bertz CT molecular complexity index is 783. The standard InChI is InChI=1S/C20H16N2O2.BrH/c23-19(16-8-3-1-4-9-16)15-22-13-7-12-18(14-22)21-20(24)17-10-5-2-6-11-17;/h1-14H,15H2;1H/p+1. The van der Waals surface area contributed by atoms with Crippen molar-refractivity contribution in [3.8, 4) is 0 Å². The maximum absolute atomic E-state index is 12.3. The number of amides is 1. The summed E-state index contributed by atoms with van der Waals surface area (Å²) in [4.78, 5) is 24.4. The number of halogens is 1. The van der Waals surface area contributed by atoms with E-state index in [-0.39, 0.29) is 35.2 Å². The lowest BCUT2D eigenvalue weighted by molar-refractivity contribution is -0.682. The summed E-state index contributed by atoms with van der Waals surface area (Å²) in [6.07, 6.45) is 3.56. The zero-order valence-electron chi connectivity index (χ0n) is 13.5. The molecule has 3 aromatic rings. The molecule has 1 heterocycles. The number of anilines is 1. The van der Waals surface area contributed by atoms with Crippen LogP contribution >= 0.6 is 17.0 Å². The summed E-state index contributed by atoms with van der Waals surface area (Å²) in [6, 6.07) is 21.8. The number of nitrogens with one attached hydrogen (secondary N) is 1. The molecule has 0 bridgehead atoms. The summed E-state index contributed by atoms with van der Waals surface area (Å²) < 4.78 is 1.76. The first kappa shape index (κ1) is 18.5. The van der Waals surface area contributed by atoms with Crippen molar-refractivity contribution < 1.29 is 14.2 Å². The van der Waals surface area contributed by atoms with Crippen LogP contribution in [0.2, 0.25) is 0 Å². The fourth-order valence-electron chi connectivity index (χ4n) is 2.37. The average Bonchev–Trinajstić information content (AvgIpc) is 2.63. The Morgan fingerprint density at radius 1 is 0.800 bits per heavy atom. The van der Waals surface area contributed by atoms with E-state index >= 15 is 0 Å². The minimum atomic E-state index is -0.178. The normalized spacial score (nSPS) is 9.76. The van der Waals surface area contributed by atoms with Crippen LogP contribution in [0.5, 0.6) is 0 Å². The number of hydrogen-bond donors (Lipinski definition) is 1. The molecule has 1 amide bonds. The average molecular weight is 398 g/mol. The second-order valence-corrected chi connectivity index (χ2v) is 5.37. The first-order valence-corrected chi connectivity index (χ1v) is 7.66. The minimum absolute atomic E-state index is 0. The second-order valence-electron chi connectivity index (χ2n) is 5.37. The van der Waals surface area contributed by atoms with Crippen molar-refractivity contribution >= 4 is 34.4 Å². The van der Waals surface area contributed by atoms with Crippen LogP contribution < -0.4 is 9.88 Å². The molecular weight excluding hydrogens is 380 g/mol. The second kappa shape index (κ2) is 8.89. The van der Waals surface area contributed by atoms with Crippen molar-refractivity contribution in [2.24, 2.45) is 0 Å². The number of benzene rings is 2. The van der Waals surface area contributed by atoms with Crippen LogP contribution in [-0.2, 0) is 6.54 Å². The van der Waals surface area contributed by atoms with Crippen molar-refractivity contribution in [2.75, 3.05) is 5.32 Å². The summed E-state index contributed by atoms with van der Waals surface area (Å²) >= 11 is 0. The maximum Gasteiger partial charge on any atom is 0.255 e. The van der Waals surface area contributed by atoms with E-state index in [1.165, 1.54) is 0 Å². The lowest BCUT2D eigenvalue weighted by Crippen LogP contribution is -2.37. The molecule has 0 unspecified atom stereocenters. The number of ketones is 1. The van der Waals surface area contributed by atoms with Gasteiger partial charge in [-0.3, -0.25) is 9.59 Å². The predicted molar refractivity (Wildman–Crippen MR) is 102 cm³/mol. The molecule has 0 saturated carbocycles. The highest BCUT2D eigenvalue weighted by Crippen LogP contribution is 2.07. The van der Waals surface area contributed by atoms with E-state index in [1.54, 1.807) is 53.4 Å². The topological polar surface area (TPSA) is 50.0 Å². The number of pyridine rings is 1. The monoisotopic (exact) mass is 397 g/mol. The van der Waals surface area contributed by atoms with Crippen LogP contribution in [-0.4, -0.2) is 11.7 Å². The first-order valence-electron chi connectivity index (χ1n) is 7.66. The molecule has 0 aliphatic heterocycles. The maximum atomic E-state index is 12.3. The highest BCUT2D eigenvalue weighted by Gasteiger charge is 2.13. The summed E-state index contributed by atoms with van der Waals surface area (Å²) in [6.45, 7) is 0.221. The molecule has 1 aromatic heterocycles. The fourth-order valence-corrected chi connectivity index (χ4v) is 2.37. The van der Waals surface area contributed by atoms with E-state index in [9.17, 15) is 9.59 Å². The van der Waals surface area contributed by atoms with E-state index in [2.05, 4.69) is 5.32 Å². The molecule has 126 valence electrons. The van der Waals surface area contributed by atoms with Crippen molar-refractivity contribution in [3.05, 3.63) is 96.3 Å². The van der Waals surface area contributed by atoms with Crippen molar-refractivity contribution in [3.63, 3.8) is 0 Å². The van der Waals surface area contributed by atoms with Crippen LogP contribution in [0.25, 0.3) is 0 Å². The molecule has 0 spiro atoms. The Morgan fingerprint density at radius 3 is 2.04 bits per heavy atom. The molecule has 0 aliphatic carbocycles. The molecule has 0 aliphatic rings. The Kier molecular flexibility index (Phi) is 6.60. The van der Waals surface area contributed by atoms with E-state index in [0.29, 0.717) is 16.8 Å². The molecule has 0 atom stereocenters. The molecule has 2 aromatic carbocycles. The van der Waals surface area contributed by atoms with Crippen molar-refractivity contribution in [2.45, 2.75) is 6.54 Å². The minimum Gasteiger partial charge on any atom is -0.317 e. The largest absolute Gasteiger partial charge is 0.317 e. The lowest BCUT2D eigenvalue weighted by Gasteiger charge is -2.04. The third-order valence-corrected chi connectivity index (χ3v) is 3.57. The summed E-state index contributed by atoms with van der Waals surface area (Å²) in [5, 5.41) is 2.84. The van der Waals surface area contributed by atoms with Gasteiger partial charge in [-0.15, -0.1) is 17.0 Å². The van der Waals surface area contributed by atoms with Gasteiger partial charge >= 0.3 is 0 Å². The molecule has 0 fully saturated rings. The number of carbonyl (C=O) groups excluding carboxylic acids is 2. The summed E-state index contributed by atoms with van der Waals surface area (Å²) in [5.74, 6) is -0.158. The van der Waals surface area contributed by atoms with Gasteiger partial charge in [0.1, 0.15) is 5.69 Å². The van der Waals surface area contributed by atoms with Gasteiger partial charge in [-0.05, 0) is 18.2 Å². The van der Waals surface area contributed by atoms with E-state index in [0.717, 1.165) is 0 Å². The number of nitrogens with zero attached hydrogens (tertiary/aromatic N) is 1. The SMILES string of the molecule is Br.O=C(C[n+]1cccc(NC(=O)c2ccccc2)c1)c1ccccc1. The smallest absolute Gasteiger partial charge is 0.255 e. The number of hydrogen-bond acceptors (Lipinski definition) is 2. The van der Waals surface area contributed by atoms with Gasteiger partial charge in [-0.25, -0.2) is 0 Å². The zero-order chi connectivity index (χ0) is 16.8. The third-order valence-electron chi connectivity index (χ3n) is 3.57. The van der Waals surface area contributed by atoms with Crippen molar-refractivity contribution in [1.29, 1.82) is 0 Å². The van der Waals surface area contributed by atoms with Crippen LogP contribution in [0.1, 0.15) is 20.7 Å². The molecule has 25 heavy (non-hydrogen) atoms. The van der Waals surface area contributed by atoms with Gasteiger partial charge in [-0.1, -0.05) is 48.5 Å². The van der Waals surface area contributed by atoms with Gasteiger partial charge in [0.2, 0.25) is 12.3 Å². The summed E-state index contributed by atoms with van der Waals surface area (Å²) in [5.41, 5.74) is 1.91. The zero-order valence-corrected chi connectivity index (χ0v) is 15.2. The van der Waals surface area contributed by atoms with E-state index < -0.39 is 0 Å². The first-order chi connectivity index (χ1) is 11.7. The number of rotatable bonds is 5. The predicted octanol–water partition coefficient (Wildman–Crippen LogP) is 3.69. The van der Waals surface area contributed by atoms with Crippen LogP contribution in [0.15, 0.2) is 85.2 Å². The third kappa shape index (κ3) is 5.09. The Labute approximate surface area is 156 Å². The molecule has 5 heteroatoms. The van der Waals surface area contributed by atoms with Crippen LogP contribution in [0.3, 0.4) is 0 Å². The quantitative estimate of drug-likeness (QED) is 0.527. The number of carbonyl (C=O) groups is 2. The number of aromatic nitrogens is 1. The molecule has 3 rings (SSSR count). The van der Waals surface area contributed by atoms with Crippen molar-refractivity contribution in [1.82, 2.24) is 0 Å². The van der Waals surface area contributed by atoms with Crippen LogP contribution in [0, 0.1) is 0 Å².